The Morgan fingerprint density at radius 2 is 1.73 bits per heavy atom. The van der Waals surface area contributed by atoms with Crippen LogP contribution in [0, 0.1) is 6.92 Å². The maximum atomic E-state index is 12.8. The van der Waals surface area contributed by atoms with Crippen molar-refractivity contribution in [3.8, 4) is 11.5 Å². The van der Waals surface area contributed by atoms with E-state index in [9.17, 15) is 4.79 Å². The number of fused-ring (bicyclic) bond motifs is 1. The fourth-order valence-corrected chi connectivity index (χ4v) is 3.54. The zero-order chi connectivity index (χ0) is 21.3. The Bertz CT molecular complexity index is 1180. The van der Waals surface area contributed by atoms with Crippen LogP contribution in [0.4, 0.5) is 0 Å². The molecular formula is C25H18Cl2O3. The van der Waals surface area contributed by atoms with Gasteiger partial charge in [0.25, 0.3) is 0 Å². The Kier molecular flexibility index (Phi) is 5.67. The van der Waals surface area contributed by atoms with Crippen molar-refractivity contribution in [2.75, 3.05) is 0 Å². The minimum atomic E-state index is -0.167. The van der Waals surface area contributed by atoms with Gasteiger partial charge in [0, 0.05) is 6.07 Å². The number of aryl methyl sites for hydroxylation is 1. The minimum Gasteiger partial charge on any atom is -0.489 e. The number of allylic oxidation sites excluding steroid dienone is 1. The first-order chi connectivity index (χ1) is 14.4. The van der Waals surface area contributed by atoms with Gasteiger partial charge in [-0.05, 0) is 53.5 Å². The van der Waals surface area contributed by atoms with Crippen LogP contribution >= 0.6 is 23.2 Å². The van der Waals surface area contributed by atoms with Crippen molar-refractivity contribution in [2.45, 2.75) is 13.5 Å². The maximum Gasteiger partial charge on any atom is 0.232 e. The number of halogens is 2. The highest BCUT2D eigenvalue weighted by molar-refractivity contribution is 6.42. The molecule has 0 atom stereocenters. The van der Waals surface area contributed by atoms with Gasteiger partial charge in [0.15, 0.2) is 5.76 Å². The molecule has 1 aliphatic rings. The Morgan fingerprint density at radius 3 is 2.43 bits per heavy atom. The van der Waals surface area contributed by atoms with Crippen LogP contribution < -0.4 is 9.47 Å². The highest BCUT2D eigenvalue weighted by atomic mass is 35.5. The number of ketones is 1. The lowest BCUT2D eigenvalue weighted by molar-refractivity contribution is 0.101. The van der Waals surface area contributed by atoms with Gasteiger partial charge < -0.3 is 9.47 Å². The third-order valence-corrected chi connectivity index (χ3v) is 5.54. The van der Waals surface area contributed by atoms with Crippen LogP contribution in [0.15, 0.2) is 66.9 Å². The van der Waals surface area contributed by atoms with Crippen molar-refractivity contribution in [2.24, 2.45) is 0 Å². The van der Waals surface area contributed by atoms with Crippen molar-refractivity contribution >= 4 is 41.1 Å². The molecule has 150 valence electrons. The first-order valence-electron chi connectivity index (χ1n) is 9.33. The number of benzene rings is 3. The number of ether oxygens (including phenoxy) is 2. The van der Waals surface area contributed by atoms with Gasteiger partial charge in [-0.2, -0.15) is 0 Å². The van der Waals surface area contributed by atoms with E-state index in [1.54, 1.807) is 36.4 Å². The third-order valence-electron chi connectivity index (χ3n) is 4.81. The number of Topliss-reactive ketones (excluding diaryl/α,β-unsaturated/α-hetero) is 1. The van der Waals surface area contributed by atoms with E-state index in [0.29, 0.717) is 33.7 Å². The molecule has 0 N–H and O–H groups in total. The van der Waals surface area contributed by atoms with E-state index >= 15 is 0 Å². The molecule has 0 unspecified atom stereocenters. The molecule has 0 radical (unpaired) electrons. The van der Waals surface area contributed by atoms with Gasteiger partial charge in [0.05, 0.1) is 15.6 Å². The largest absolute Gasteiger partial charge is 0.489 e. The van der Waals surface area contributed by atoms with Crippen molar-refractivity contribution in [3.05, 3.63) is 105 Å². The van der Waals surface area contributed by atoms with Gasteiger partial charge in [0.1, 0.15) is 18.1 Å². The van der Waals surface area contributed by atoms with Crippen LogP contribution in [-0.4, -0.2) is 5.78 Å². The summed E-state index contributed by atoms with van der Waals surface area (Å²) in [7, 11) is 0. The van der Waals surface area contributed by atoms with Gasteiger partial charge in [-0.15, -0.1) is 0 Å². The van der Waals surface area contributed by atoms with Gasteiger partial charge in [0.2, 0.25) is 5.78 Å². The van der Waals surface area contributed by atoms with E-state index in [0.717, 1.165) is 22.3 Å². The lowest BCUT2D eigenvalue weighted by Gasteiger charge is -2.09. The predicted octanol–water partition coefficient (Wildman–Crippen LogP) is 7.14. The first kappa shape index (κ1) is 20.3. The zero-order valence-corrected chi connectivity index (χ0v) is 17.8. The zero-order valence-electron chi connectivity index (χ0n) is 16.2. The molecule has 1 heterocycles. The average Bonchev–Trinajstić information content (AvgIpc) is 3.05. The first-order valence-corrected chi connectivity index (χ1v) is 10.1. The molecule has 0 saturated carbocycles. The number of carbonyl (C=O) groups is 1. The highest BCUT2D eigenvalue weighted by Crippen LogP contribution is 2.38. The number of rotatable bonds is 5. The lowest BCUT2D eigenvalue weighted by Crippen LogP contribution is -2.00. The fourth-order valence-electron chi connectivity index (χ4n) is 3.23. The second kappa shape index (κ2) is 8.39. The fraction of sp³-hybridized carbons (Fsp3) is 0.0800. The summed E-state index contributed by atoms with van der Waals surface area (Å²) in [6.07, 6.45) is 3.46. The predicted molar refractivity (Wildman–Crippen MR) is 121 cm³/mol. The molecule has 0 fully saturated rings. The van der Waals surface area contributed by atoms with Crippen LogP contribution in [0.1, 0.15) is 32.6 Å². The smallest absolute Gasteiger partial charge is 0.232 e. The minimum absolute atomic E-state index is 0.167. The lowest BCUT2D eigenvalue weighted by atomic mass is 10.0. The summed E-state index contributed by atoms with van der Waals surface area (Å²) in [5, 5.41) is 0.875. The second-order valence-corrected chi connectivity index (χ2v) is 7.78. The van der Waals surface area contributed by atoms with Crippen LogP contribution in [-0.2, 0) is 6.61 Å². The monoisotopic (exact) mass is 436 g/mol. The second-order valence-electron chi connectivity index (χ2n) is 6.96. The van der Waals surface area contributed by atoms with Crippen LogP contribution in [0.5, 0.6) is 11.5 Å². The molecule has 0 bridgehead atoms. The van der Waals surface area contributed by atoms with E-state index in [1.807, 2.05) is 37.3 Å². The van der Waals surface area contributed by atoms with Gasteiger partial charge in [-0.3, -0.25) is 4.79 Å². The summed E-state index contributed by atoms with van der Waals surface area (Å²) in [4.78, 5) is 12.8. The third kappa shape index (κ3) is 4.13. The quantitative estimate of drug-likeness (QED) is 0.398. The van der Waals surface area contributed by atoms with E-state index in [4.69, 9.17) is 32.7 Å². The molecule has 30 heavy (non-hydrogen) atoms. The van der Waals surface area contributed by atoms with Crippen molar-refractivity contribution in [1.29, 1.82) is 0 Å². The van der Waals surface area contributed by atoms with E-state index in [-0.39, 0.29) is 11.5 Å². The molecule has 3 nitrogen and oxygen atoms in total. The normalized spacial score (nSPS) is 13.8. The average molecular weight is 437 g/mol. The Balaban J connectivity index is 1.55. The topological polar surface area (TPSA) is 35.5 Å². The molecule has 5 heteroatoms. The summed E-state index contributed by atoms with van der Waals surface area (Å²) in [6, 6.07) is 16.7. The SMILES string of the molecule is C=Cc1ccc(COc2cc(C)c3c(c2)O/C(=C\c2ccc(Cl)c(Cl)c2)C3=O)cc1. The van der Waals surface area contributed by atoms with Gasteiger partial charge in [-0.1, -0.05) is 66.2 Å². The summed E-state index contributed by atoms with van der Waals surface area (Å²) in [6.45, 7) is 6.04. The van der Waals surface area contributed by atoms with Crippen molar-refractivity contribution in [1.82, 2.24) is 0 Å². The van der Waals surface area contributed by atoms with Crippen LogP contribution in [0.2, 0.25) is 10.0 Å². The number of hydrogen-bond acceptors (Lipinski definition) is 3. The summed E-state index contributed by atoms with van der Waals surface area (Å²) < 4.78 is 11.8. The molecule has 0 spiro atoms. The molecule has 0 amide bonds. The maximum absolute atomic E-state index is 12.8. The van der Waals surface area contributed by atoms with E-state index < -0.39 is 0 Å². The molecule has 0 aromatic heterocycles. The molecule has 3 aromatic rings. The van der Waals surface area contributed by atoms with Gasteiger partial charge >= 0.3 is 0 Å². The molecule has 4 rings (SSSR count). The molecule has 3 aromatic carbocycles. The van der Waals surface area contributed by atoms with Crippen molar-refractivity contribution in [3.63, 3.8) is 0 Å². The Hall–Kier alpha value is -3.01. The van der Waals surface area contributed by atoms with Crippen LogP contribution in [0.25, 0.3) is 12.2 Å². The number of carbonyl (C=O) groups excluding carboxylic acids is 1. The number of hydrogen-bond donors (Lipinski definition) is 0. The molecule has 0 aliphatic carbocycles. The highest BCUT2D eigenvalue weighted by Gasteiger charge is 2.30. The van der Waals surface area contributed by atoms with E-state index in [1.165, 1.54) is 0 Å². The Morgan fingerprint density at radius 1 is 1.00 bits per heavy atom. The Labute approximate surface area is 185 Å². The summed E-state index contributed by atoms with van der Waals surface area (Å²) in [5.41, 5.74) is 4.17. The van der Waals surface area contributed by atoms with E-state index in [2.05, 4.69) is 6.58 Å². The standard InChI is InChI=1S/C25H18Cl2O3/c1-3-16-4-6-17(7-5-16)14-29-19-10-15(2)24-22(13-19)30-23(25(24)28)12-18-8-9-20(26)21(27)11-18/h3-13H,1,14H2,2H3/b23-12-. The molecule has 0 saturated heterocycles. The molecule has 1 aliphatic heterocycles. The van der Waals surface area contributed by atoms with Crippen molar-refractivity contribution < 1.29 is 14.3 Å². The molecular weight excluding hydrogens is 419 g/mol. The van der Waals surface area contributed by atoms with Crippen LogP contribution in [0.3, 0.4) is 0 Å². The summed E-state index contributed by atoms with van der Waals surface area (Å²) >= 11 is 12.0. The summed E-state index contributed by atoms with van der Waals surface area (Å²) in [5.74, 6) is 1.20. The van der Waals surface area contributed by atoms with Gasteiger partial charge in [-0.25, -0.2) is 0 Å².